The van der Waals surface area contributed by atoms with Crippen LogP contribution in [0.3, 0.4) is 0 Å². The average molecular weight is 255 g/mol. The lowest BCUT2D eigenvalue weighted by molar-refractivity contribution is -0.137. The maximum Gasteiger partial charge on any atom is 0.417 e. The van der Waals surface area contributed by atoms with Gasteiger partial charge in [0.25, 0.3) is 0 Å². The fourth-order valence-corrected chi connectivity index (χ4v) is 1.49. The van der Waals surface area contributed by atoms with E-state index in [1.807, 2.05) is 0 Å². The summed E-state index contributed by atoms with van der Waals surface area (Å²) in [7, 11) is 0. The highest BCUT2D eigenvalue weighted by atomic mass is 19.4. The summed E-state index contributed by atoms with van der Waals surface area (Å²) in [5.74, 6) is -0.649. The fraction of sp³-hybridized carbons (Fsp3) is 0.100. The molecule has 0 unspecified atom stereocenters. The van der Waals surface area contributed by atoms with E-state index < -0.39 is 17.6 Å². The van der Waals surface area contributed by atoms with Crippen molar-refractivity contribution in [2.75, 3.05) is 0 Å². The van der Waals surface area contributed by atoms with Crippen LogP contribution in [0, 0.1) is 5.41 Å². The summed E-state index contributed by atoms with van der Waals surface area (Å²) in [6.07, 6.45) is -1.96. The third-order valence-electron chi connectivity index (χ3n) is 2.28. The number of halogens is 3. The van der Waals surface area contributed by atoms with Crippen LogP contribution in [0.15, 0.2) is 30.9 Å². The SMILES string of the molecule is N=C(N)c1cc(-n2cncn2)ccc1C(F)(F)F. The van der Waals surface area contributed by atoms with Crippen LogP contribution in [0.4, 0.5) is 13.2 Å². The summed E-state index contributed by atoms with van der Waals surface area (Å²) in [4.78, 5) is 3.69. The molecular formula is C10H8F3N5. The maximum atomic E-state index is 12.7. The monoisotopic (exact) mass is 255 g/mol. The van der Waals surface area contributed by atoms with Crippen molar-refractivity contribution >= 4 is 5.84 Å². The lowest BCUT2D eigenvalue weighted by atomic mass is 10.1. The van der Waals surface area contributed by atoms with Crippen molar-refractivity contribution in [3.05, 3.63) is 42.0 Å². The molecule has 94 valence electrons. The van der Waals surface area contributed by atoms with E-state index in [1.165, 1.54) is 23.4 Å². The first-order valence-electron chi connectivity index (χ1n) is 4.80. The van der Waals surface area contributed by atoms with Crippen LogP contribution >= 0.6 is 0 Å². The summed E-state index contributed by atoms with van der Waals surface area (Å²) in [6.45, 7) is 0. The number of nitrogens with one attached hydrogen (secondary N) is 1. The van der Waals surface area contributed by atoms with E-state index in [-0.39, 0.29) is 5.56 Å². The molecule has 3 N–H and O–H groups in total. The Morgan fingerprint density at radius 2 is 2.06 bits per heavy atom. The zero-order valence-electron chi connectivity index (χ0n) is 8.94. The van der Waals surface area contributed by atoms with Gasteiger partial charge in [0.05, 0.1) is 11.3 Å². The zero-order chi connectivity index (χ0) is 13.3. The molecule has 1 aromatic carbocycles. The molecule has 5 nitrogen and oxygen atoms in total. The van der Waals surface area contributed by atoms with Crippen LogP contribution in [-0.2, 0) is 6.18 Å². The Bertz CT molecular complexity index is 574. The Hall–Kier alpha value is -2.38. The van der Waals surface area contributed by atoms with Crippen LogP contribution in [0.5, 0.6) is 0 Å². The Labute approximate surface area is 99.6 Å². The van der Waals surface area contributed by atoms with E-state index in [9.17, 15) is 13.2 Å². The molecule has 2 aromatic rings. The highest BCUT2D eigenvalue weighted by molar-refractivity contribution is 5.97. The highest BCUT2D eigenvalue weighted by Gasteiger charge is 2.34. The predicted molar refractivity (Wildman–Crippen MR) is 57.4 cm³/mol. The minimum absolute atomic E-state index is 0.353. The van der Waals surface area contributed by atoms with E-state index in [2.05, 4.69) is 10.1 Å². The number of nitrogen functional groups attached to an aromatic ring is 1. The predicted octanol–water partition coefficient (Wildman–Crippen LogP) is 1.57. The van der Waals surface area contributed by atoms with Crippen molar-refractivity contribution in [1.29, 1.82) is 5.41 Å². The van der Waals surface area contributed by atoms with Crippen LogP contribution in [0.1, 0.15) is 11.1 Å². The minimum atomic E-state index is -4.55. The molecule has 0 saturated carbocycles. The van der Waals surface area contributed by atoms with Gasteiger partial charge in [-0.25, -0.2) is 9.67 Å². The second-order valence-corrected chi connectivity index (χ2v) is 3.48. The van der Waals surface area contributed by atoms with Crippen LogP contribution in [0.25, 0.3) is 5.69 Å². The van der Waals surface area contributed by atoms with Gasteiger partial charge in [-0.2, -0.15) is 18.3 Å². The number of alkyl halides is 3. The van der Waals surface area contributed by atoms with Crippen LogP contribution < -0.4 is 5.73 Å². The number of rotatable bonds is 2. The van der Waals surface area contributed by atoms with Crippen LogP contribution in [0.2, 0.25) is 0 Å². The van der Waals surface area contributed by atoms with Gasteiger partial charge in [-0.1, -0.05) is 0 Å². The van der Waals surface area contributed by atoms with Crippen LogP contribution in [-0.4, -0.2) is 20.6 Å². The van der Waals surface area contributed by atoms with Crippen molar-refractivity contribution in [2.24, 2.45) is 5.73 Å². The topological polar surface area (TPSA) is 80.6 Å². The van der Waals surface area contributed by atoms with Gasteiger partial charge in [-0.05, 0) is 18.2 Å². The lowest BCUT2D eigenvalue weighted by Crippen LogP contribution is -2.19. The second kappa shape index (κ2) is 4.13. The zero-order valence-corrected chi connectivity index (χ0v) is 8.94. The van der Waals surface area contributed by atoms with Gasteiger partial charge >= 0.3 is 6.18 Å². The molecule has 8 heteroatoms. The molecular weight excluding hydrogens is 247 g/mol. The number of hydrogen-bond acceptors (Lipinski definition) is 3. The molecule has 2 rings (SSSR count). The first-order valence-corrected chi connectivity index (χ1v) is 4.80. The van der Waals surface area contributed by atoms with E-state index in [0.29, 0.717) is 5.69 Å². The summed E-state index contributed by atoms with van der Waals surface area (Å²) >= 11 is 0. The number of nitrogens with two attached hydrogens (primary N) is 1. The summed E-state index contributed by atoms with van der Waals surface area (Å²) in [5, 5.41) is 11.0. The number of amidine groups is 1. The highest BCUT2D eigenvalue weighted by Crippen LogP contribution is 2.32. The smallest absolute Gasteiger partial charge is 0.384 e. The van der Waals surface area contributed by atoms with Crippen molar-refractivity contribution in [3.8, 4) is 5.69 Å². The summed E-state index contributed by atoms with van der Waals surface area (Å²) in [5.41, 5.74) is 4.20. The van der Waals surface area contributed by atoms with Crippen molar-refractivity contribution in [3.63, 3.8) is 0 Å². The van der Waals surface area contributed by atoms with Gasteiger partial charge in [-0.3, -0.25) is 5.41 Å². The molecule has 0 fully saturated rings. The molecule has 0 spiro atoms. The average Bonchev–Trinajstić information content (AvgIpc) is 2.80. The summed E-state index contributed by atoms with van der Waals surface area (Å²) in [6, 6.07) is 3.26. The largest absolute Gasteiger partial charge is 0.417 e. The number of nitrogens with zero attached hydrogens (tertiary/aromatic N) is 3. The Balaban J connectivity index is 2.58. The standard InChI is InChI=1S/C10H8F3N5/c11-10(12,13)8-2-1-6(3-7(8)9(14)15)18-5-16-4-17-18/h1-5H,(H3,14,15). The number of benzene rings is 1. The first kappa shape index (κ1) is 12.1. The molecule has 0 aliphatic carbocycles. The maximum absolute atomic E-state index is 12.7. The van der Waals surface area contributed by atoms with Crippen molar-refractivity contribution < 1.29 is 13.2 Å². The molecule has 0 aliphatic heterocycles. The molecule has 18 heavy (non-hydrogen) atoms. The van der Waals surface area contributed by atoms with Gasteiger partial charge < -0.3 is 5.73 Å². The van der Waals surface area contributed by atoms with E-state index in [1.54, 1.807) is 0 Å². The van der Waals surface area contributed by atoms with E-state index in [0.717, 1.165) is 12.1 Å². The van der Waals surface area contributed by atoms with Gasteiger partial charge in [0.1, 0.15) is 18.5 Å². The van der Waals surface area contributed by atoms with Gasteiger partial charge in [0.2, 0.25) is 0 Å². The normalized spacial score (nSPS) is 11.5. The van der Waals surface area contributed by atoms with Gasteiger partial charge in [0.15, 0.2) is 0 Å². The first-order chi connectivity index (χ1) is 8.39. The van der Waals surface area contributed by atoms with E-state index >= 15 is 0 Å². The Morgan fingerprint density at radius 3 is 2.56 bits per heavy atom. The third kappa shape index (κ3) is 2.17. The Kier molecular flexibility index (Phi) is 2.77. The van der Waals surface area contributed by atoms with Crippen molar-refractivity contribution in [1.82, 2.24) is 14.8 Å². The van der Waals surface area contributed by atoms with Gasteiger partial charge in [-0.15, -0.1) is 0 Å². The molecule has 0 atom stereocenters. The molecule has 0 saturated heterocycles. The second-order valence-electron chi connectivity index (χ2n) is 3.48. The third-order valence-corrected chi connectivity index (χ3v) is 2.28. The number of aromatic nitrogens is 3. The lowest BCUT2D eigenvalue weighted by Gasteiger charge is -2.13. The molecule has 0 amide bonds. The van der Waals surface area contributed by atoms with Crippen molar-refractivity contribution in [2.45, 2.75) is 6.18 Å². The quantitative estimate of drug-likeness (QED) is 0.631. The molecule has 0 radical (unpaired) electrons. The van der Waals surface area contributed by atoms with Gasteiger partial charge in [0, 0.05) is 5.56 Å². The number of hydrogen-bond donors (Lipinski definition) is 2. The Morgan fingerprint density at radius 1 is 1.33 bits per heavy atom. The molecule has 1 heterocycles. The fourth-order valence-electron chi connectivity index (χ4n) is 1.49. The minimum Gasteiger partial charge on any atom is -0.384 e. The molecule has 0 aliphatic rings. The van der Waals surface area contributed by atoms with E-state index in [4.69, 9.17) is 11.1 Å². The molecule has 1 aromatic heterocycles. The molecule has 0 bridgehead atoms. The summed E-state index contributed by atoms with van der Waals surface area (Å²) < 4.78 is 39.4.